The molecule has 1 fully saturated rings. The second kappa shape index (κ2) is 11.8. The third kappa shape index (κ3) is 6.15. The van der Waals surface area contributed by atoms with Gasteiger partial charge in [0.15, 0.2) is 0 Å². The molecule has 0 radical (unpaired) electrons. The molecule has 2 N–H and O–H groups in total. The van der Waals surface area contributed by atoms with E-state index in [4.69, 9.17) is 4.42 Å². The molecule has 4 amide bonds. The molecule has 38 heavy (non-hydrogen) atoms. The highest BCUT2D eigenvalue weighted by Gasteiger charge is 2.44. The van der Waals surface area contributed by atoms with Crippen molar-refractivity contribution in [2.24, 2.45) is 0 Å². The van der Waals surface area contributed by atoms with Gasteiger partial charge in [-0.15, -0.1) is 0 Å². The van der Waals surface area contributed by atoms with E-state index in [1.165, 1.54) is 14.8 Å². The van der Waals surface area contributed by atoms with Crippen LogP contribution in [0.25, 0.3) is 0 Å². The van der Waals surface area contributed by atoms with Gasteiger partial charge in [-0.1, -0.05) is 42.5 Å². The number of hydrazine groups is 1. The summed E-state index contributed by atoms with van der Waals surface area (Å²) in [5.74, 6) is 0.167. The molecule has 2 aromatic carbocycles. The van der Waals surface area contributed by atoms with E-state index in [2.05, 4.69) is 5.32 Å². The molecule has 3 aromatic rings. The van der Waals surface area contributed by atoms with Crippen molar-refractivity contribution in [2.45, 2.75) is 38.6 Å². The first-order valence-electron chi connectivity index (χ1n) is 12.4. The third-order valence-corrected chi connectivity index (χ3v) is 6.61. The third-order valence-electron chi connectivity index (χ3n) is 6.61. The molecule has 4 rings (SSSR count). The van der Waals surface area contributed by atoms with Gasteiger partial charge in [-0.05, 0) is 42.3 Å². The summed E-state index contributed by atoms with van der Waals surface area (Å²) in [5.41, 5.74) is 1.72. The van der Waals surface area contributed by atoms with Crippen molar-refractivity contribution in [2.75, 3.05) is 20.6 Å². The lowest BCUT2D eigenvalue weighted by Gasteiger charge is -2.49. The summed E-state index contributed by atoms with van der Waals surface area (Å²) < 4.78 is 5.41. The van der Waals surface area contributed by atoms with Crippen LogP contribution in [0.5, 0.6) is 5.75 Å². The van der Waals surface area contributed by atoms with Crippen LogP contribution in [-0.4, -0.2) is 75.6 Å². The van der Waals surface area contributed by atoms with Gasteiger partial charge in [0, 0.05) is 27.1 Å². The first-order valence-corrected chi connectivity index (χ1v) is 12.4. The molecule has 1 aliphatic heterocycles. The zero-order valence-electron chi connectivity index (χ0n) is 21.8. The molecule has 0 spiro atoms. The number of nitrogens with one attached hydrogen (secondary N) is 1. The molecule has 1 aromatic heterocycles. The zero-order chi connectivity index (χ0) is 27.2. The highest BCUT2D eigenvalue weighted by Crippen LogP contribution is 2.24. The topological polar surface area (TPSA) is 110 Å². The fraction of sp³-hybridized carbons (Fsp3) is 0.321. The van der Waals surface area contributed by atoms with Gasteiger partial charge in [-0.2, -0.15) is 0 Å². The number of carbonyl (C=O) groups excluding carboxylic acids is 3. The van der Waals surface area contributed by atoms with Crippen LogP contribution in [0, 0.1) is 0 Å². The number of hydrogen-bond donors (Lipinski definition) is 2. The summed E-state index contributed by atoms with van der Waals surface area (Å²) in [6.07, 6.45) is 1.01. The second-order valence-corrected chi connectivity index (χ2v) is 9.40. The van der Waals surface area contributed by atoms with Crippen LogP contribution in [0.1, 0.15) is 23.8 Å². The van der Waals surface area contributed by atoms with Crippen LogP contribution in [0.2, 0.25) is 0 Å². The van der Waals surface area contributed by atoms with Gasteiger partial charge in [0.2, 0.25) is 11.8 Å². The number of phenolic OH excluding ortho intramolecular Hbond substituents is 1. The number of aromatic hydroxyl groups is 1. The number of likely N-dealkylation sites (N-methyl/N-ethyl adjacent to an activating group) is 2. The number of amides is 4. The smallest absolute Gasteiger partial charge is 0.334 e. The van der Waals surface area contributed by atoms with Gasteiger partial charge >= 0.3 is 6.03 Å². The quantitative estimate of drug-likeness (QED) is 0.474. The predicted molar refractivity (Wildman–Crippen MR) is 140 cm³/mol. The lowest BCUT2D eigenvalue weighted by atomic mass is 10.0. The van der Waals surface area contributed by atoms with Crippen molar-refractivity contribution in [3.05, 3.63) is 89.9 Å². The van der Waals surface area contributed by atoms with Crippen molar-refractivity contribution < 1.29 is 23.9 Å². The number of benzene rings is 2. The number of phenols is 1. The van der Waals surface area contributed by atoms with Crippen LogP contribution in [0.3, 0.4) is 0 Å². The van der Waals surface area contributed by atoms with Crippen molar-refractivity contribution in [1.82, 2.24) is 25.1 Å². The minimum absolute atomic E-state index is 0.0651. The van der Waals surface area contributed by atoms with Crippen LogP contribution >= 0.6 is 0 Å². The lowest BCUT2D eigenvalue weighted by molar-refractivity contribution is -0.171. The molecule has 1 aliphatic rings. The molecule has 2 heterocycles. The monoisotopic (exact) mass is 519 g/mol. The first kappa shape index (κ1) is 26.7. The summed E-state index contributed by atoms with van der Waals surface area (Å²) >= 11 is 0. The summed E-state index contributed by atoms with van der Waals surface area (Å²) in [7, 11) is 3.33. The lowest BCUT2D eigenvalue weighted by Crippen LogP contribution is -2.69. The van der Waals surface area contributed by atoms with E-state index >= 15 is 0 Å². The second-order valence-electron chi connectivity index (χ2n) is 9.40. The molecular weight excluding hydrogens is 486 g/mol. The van der Waals surface area contributed by atoms with Crippen LogP contribution in [0.15, 0.2) is 77.4 Å². The minimum Gasteiger partial charge on any atom is -0.508 e. The first-order chi connectivity index (χ1) is 18.2. The maximum Gasteiger partial charge on any atom is 0.334 e. The number of urea groups is 1. The fourth-order valence-corrected chi connectivity index (χ4v) is 4.71. The standard InChI is InChI=1S/C28H33N5O5/c1-20-32(26(35)19-31(3)33(20)28(37)29-17-22-8-5-4-6-9-22)25(16-21-11-13-23(34)14-12-21)27(36)30(2)18-24-10-7-15-38-24/h4-15,20,25,34H,16-19H2,1-3H3,(H,29,37)/t20-,25-/m0/s1. The Labute approximate surface area is 222 Å². The molecule has 0 aliphatic carbocycles. The highest BCUT2D eigenvalue weighted by atomic mass is 16.3. The molecule has 2 atom stereocenters. The van der Waals surface area contributed by atoms with Crippen molar-refractivity contribution in [3.8, 4) is 5.75 Å². The molecular formula is C28H33N5O5. The van der Waals surface area contributed by atoms with Gasteiger partial charge in [0.05, 0.1) is 19.4 Å². The van der Waals surface area contributed by atoms with Gasteiger partial charge < -0.3 is 24.6 Å². The number of furan rings is 1. The minimum atomic E-state index is -0.889. The van der Waals surface area contributed by atoms with E-state index in [1.54, 1.807) is 68.7 Å². The van der Waals surface area contributed by atoms with E-state index < -0.39 is 12.2 Å². The van der Waals surface area contributed by atoms with Crippen LogP contribution in [0.4, 0.5) is 4.79 Å². The van der Waals surface area contributed by atoms with E-state index in [1.807, 2.05) is 30.3 Å². The molecule has 1 saturated heterocycles. The van der Waals surface area contributed by atoms with Gasteiger partial charge in [0.25, 0.3) is 0 Å². The largest absolute Gasteiger partial charge is 0.508 e. The average molecular weight is 520 g/mol. The van der Waals surface area contributed by atoms with E-state index in [0.717, 1.165) is 11.1 Å². The Bertz CT molecular complexity index is 1230. The summed E-state index contributed by atoms with van der Waals surface area (Å²) in [5, 5.41) is 15.7. The van der Waals surface area contributed by atoms with Crippen molar-refractivity contribution >= 4 is 17.8 Å². The molecule has 0 bridgehead atoms. The molecule has 0 saturated carbocycles. The van der Waals surface area contributed by atoms with Crippen molar-refractivity contribution in [3.63, 3.8) is 0 Å². The average Bonchev–Trinajstić information content (AvgIpc) is 3.41. The molecule has 200 valence electrons. The zero-order valence-corrected chi connectivity index (χ0v) is 21.8. The maximum absolute atomic E-state index is 13.8. The summed E-state index contributed by atoms with van der Waals surface area (Å²) in [4.78, 5) is 43.5. The Kier molecular flexibility index (Phi) is 8.32. The Morgan fingerprint density at radius 1 is 1.08 bits per heavy atom. The SMILES string of the molecule is C[C@H]1N([C@@H](Cc2ccc(O)cc2)C(=O)N(C)Cc2ccco2)C(=O)CN(C)N1C(=O)NCc1ccccc1. The van der Waals surface area contributed by atoms with Crippen LogP contribution < -0.4 is 5.32 Å². The Morgan fingerprint density at radius 2 is 1.79 bits per heavy atom. The van der Waals surface area contributed by atoms with E-state index in [9.17, 15) is 19.5 Å². The summed E-state index contributed by atoms with van der Waals surface area (Å²) in [6, 6.07) is 18.3. The van der Waals surface area contributed by atoms with Gasteiger partial charge in [-0.25, -0.2) is 14.8 Å². The van der Waals surface area contributed by atoms with Crippen LogP contribution in [-0.2, 0) is 29.1 Å². The maximum atomic E-state index is 13.8. The van der Waals surface area contributed by atoms with Gasteiger partial charge in [-0.3, -0.25) is 9.59 Å². The highest BCUT2D eigenvalue weighted by molar-refractivity contribution is 5.90. The molecule has 10 nitrogen and oxygen atoms in total. The normalized spacial score (nSPS) is 16.8. The Morgan fingerprint density at radius 3 is 2.45 bits per heavy atom. The van der Waals surface area contributed by atoms with Crippen molar-refractivity contribution in [1.29, 1.82) is 0 Å². The number of carbonyl (C=O) groups is 3. The van der Waals surface area contributed by atoms with Gasteiger partial charge in [0.1, 0.15) is 23.7 Å². The Hall–Kier alpha value is -4.31. The number of nitrogens with zero attached hydrogens (tertiary/aromatic N) is 4. The molecule has 10 heteroatoms. The predicted octanol–water partition coefficient (Wildman–Crippen LogP) is 2.80. The summed E-state index contributed by atoms with van der Waals surface area (Å²) in [6.45, 7) is 2.23. The molecule has 0 unspecified atom stereocenters. The Balaban J connectivity index is 1.59. The fourth-order valence-electron chi connectivity index (χ4n) is 4.71. The van der Waals surface area contributed by atoms with E-state index in [-0.39, 0.29) is 43.1 Å². The number of rotatable bonds is 8. The number of hydrogen-bond acceptors (Lipinski definition) is 6. The van der Waals surface area contributed by atoms with E-state index in [0.29, 0.717) is 12.3 Å².